The molecule has 0 aliphatic rings. The van der Waals surface area contributed by atoms with E-state index in [0.717, 1.165) is 23.4 Å². The van der Waals surface area contributed by atoms with Gasteiger partial charge in [-0.05, 0) is 23.8 Å². The van der Waals surface area contributed by atoms with Gasteiger partial charge in [0.2, 0.25) is 5.95 Å². The Morgan fingerprint density at radius 3 is 2.81 bits per heavy atom. The number of hydrogen-bond acceptors (Lipinski definition) is 7. The van der Waals surface area contributed by atoms with Crippen molar-refractivity contribution >= 4 is 29.9 Å². The van der Waals surface area contributed by atoms with Crippen molar-refractivity contribution in [1.82, 2.24) is 19.9 Å². The van der Waals surface area contributed by atoms with E-state index in [0.29, 0.717) is 28.5 Å². The van der Waals surface area contributed by atoms with Crippen molar-refractivity contribution < 1.29 is 5.11 Å². The maximum atomic E-state index is 9.69. The zero-order chi connectivity index (χ0) is 18.2. The van der Waals surface area contributed by atoms with Crippen LogP contribution in [-0.4, -0.2) is 37.3 Å². The van der Waals surface area contributed by atoms with Crippen molar-refractivity contribution in [3.05, 3.63) is 70.5 Å². The van der Waals surface area contributed by atoms with Gasteiger partial charge in [0.05, 0.1) is 5.69 Å². The number of nitrogens with zero attached hydrogens (tertiary/aromatic N) is 3. The van der Waals surface area contributed by atoms with E-state index in [1.807, 2.05) is 18.3 Å². The molecule has 3 N–H and O–H groups in total. The number of thioether (sulfide) groups is 1. The summed E-state index contributed by atoms with van der Waals surface area (Å²) in [6, 6.07) is 7.30. The molecule has 0 aromatic carbocycles. The summed E-state index contributed by atoms with van der Waals surface area (Å²) in [7, 11) is 0. The lowest BCUT2D eigenvalue weighted by Crippen LogP contribution is -2.08. The van der Waals surface area contributed by atoms with E-state index in [2.05, 4.69) is 25.3 Å². The lowest BCUT2D eigenvalue weighted by Gasteiger charge is -2.08. The molecule has 0 aliphatic heterocycles. The summed E-state index contributed by atoms with van der Waals surface area (Å²) in [5, 5.41) is 12.9. The van der Waals surface area contributed by atoms with Crippen LogP contribution in [0, 0.1) is 4.64 Å². The van der Waals surface area contributed by atoms with Gasteiger partial charge >= 0.3 is 0 Å². The molecule has 0 aliphatic carbocycles. The molecule has 0 saturated heterocycles. The van der Waals surface area contributed by atoms with Crippen LogP contribution >= 0.6 is 24.0 Å². The van der Waals surface area contributed by atoms with Crippen LogP contribution < -0.4 is 5.32 Å². The highest BCUT2D eigenvalue weighted by Gasteiger charge is 2.03. The molecule has 3 aromatic heterocycles. The molecule has 0 atom stereocenters. The molecule has 3 aromatic rings. The maximum absolute atomic E-state index is 9.69. The van der Waals surface area contributed by atoms with Crippen LogP contribution in [0.15, 0.2) is 49.1 Å². The van der Waals surface area contributed by atoms with Gasteiger partial charge in [0.1, 0.15) is 10.4 Å². The standard InChI is InChI=1S/C18H19N5OS2/c24-16-4-2-6-20-15(16)12-26-8-7-21-18-22-11-14(17(25)23-18)9-13-3-1-5-19-10-13/h1-6,10-11,24H,7-9,12H2,(H2,21,22,23,25). The average molecular weight is 386 g/mol. The van der Waals surface area contributed by atoms with Crippen molar-refractivity contribution in [1.29, 1.82) is 0 Å². The third kappa shape index (κ3) is 5.27. The van der Waals surface area contributed by atoms with Gasteiger partial charge in [0, 0.05) is 54.8 Å². The fourth-order valence-corrected chi connectivity index (χ4v) is 3.34. The van der Waals surface area contributed by atoms with Gasteiger partial charge in [-0.1, -0.05) is 18.3 Å². The van der Waals surface area contributed by atoms with Gasteiger partial charge in [-0.15, -0.1) is 0 Å². The minimum absolute atomic E-state index is 0.239. The Morgan fingerprint density at radius 1 is 1.15 bits per heavy atom. The SMILES string of the molecule is Oc1cccnc1CSCCNc1ncc(Cc2cccnc2)c(=S)[nH]1. The number of hydrogen-bond donors (Lipinski definition) is 3. The Bertz CT molecular complexity index is 901. The second kappa shape index (κ2) is 9.30. The van der Waals surface area contributed by atoms with E-state index < -0.39 is 0 Å². The molecular formula is C18H19N5OS2. The number of aromatic hydroxyl groups is 1. The van der Waals surface area contributed by atoms with Crippen LogP contribution in [0.3, 0.4) is 0 Å². The zero-order valence-corrected chi connectivity index (χ0v) is 15.7. The van der Waals surface area contributed by atoms with Gasteiger partial charge in [-0.25, -0.2) is 4.98 Å². The maximum Gasteiger partial charge on any atom is 0.201 e. The highest BCUT2D eigenvalue weighted by atomic mass is 32.2. The molecule has 134 valence electrons. The van der Waals surface area contributed by atoms with Crippen LogP contribution in [0.25, 0.3) is 0 Å². The molecule has 0 spiro atoms. The van der Waals surface area contributed by atoms with Crippen LogP contribution in [0.5, 0.6) is 5.75 Å². The summed E-state index contributed by atoms with van der Waals surface area (Å²) >= 11 is 7.11. The van der Waals surface area contributed by atoms with Crippen molar-refractivity contribution in [2.45, 2.75) is 12.2 Å². The lowest BCUT2D eigenvalue weighted by atomic mass is 10.1. The normalized spacial score (nSPS) is 10.6. The van der Waals surface area contributed by atoms with E-state index in [1.165, 1.54) is 0 Å². The van der Waals surface area contributed by atoms with E-state index in [1.54, 1.807) is 42.5 Å². The number of rotatable bonds is 8. The molecule has 0 fully saturated rings. The first-order chi connectivity index (χ1) is 12.7. The summed E-state index contributed by atoms with van der Waals surface area (Å²) in [4.78, 5) is 15.8. The van der Waals surface area contributed by atoms with Crippen LogP contribution in [0.2, 0.25) is 0 Å². The Balaban J connectivity index is 1.46. The largest absolute Gasteiger partial charge is 0.506 e. The number of anilines is 1. The number of nitrogens with one attached hydrogen (secondary N) is 2. The molecule has 0 saturated carbocycles. The van der Waals surface area contributed by atoms with Gasteiger partial charge in [0.25, 0.3) is 0 Å². The highest BCUT2D eigenvalue weighted by molar-refractivity contribution is 7.98. The number of aromatic amines is 1. The monoisotopic (exact) mass is 385 g/mol. The topological polar surface area (TPSA) is 86.7 Å². The smallest absolute Gasteiger partial charge is 0.201 e. The first kappa shape index (κ1) is 18.3. The molecule has 3 rings (SSSR count). The summed E-state index contributed by atoms with van der Waals surface area (Å²) in [6.07, 6.45) is 7.78. The van der Waals surface area contributed by atoms with Gasteiger partial charge < -0.3 is 15.4 Å². The second-order valence-corrected chi connectivity index (χ2v) is 7.09. The summed E-state index contributed by atoms with van der Waals surface area (Å²) in [5.74, 6) is 2.42. The molecule has 0 amide bonds. The molecule has 3 heterocycles. The molecule has 0 unspecified atom stereocenters. The summed E-state index contributed by atoms with van der Waals surface area (Å²) < 4.78 is 0.678. The third-order valence-corrected chi connectivity index (χ3v) is 4.97. The predicted molar refractivity (Wildman–Crippen MR) is 107 cm³/mol. The minimum Gasteiger partial charge on any atom is -0.506 e. The summed E-state index contributed by atoms with van der Waals surface area (Å²) in [5.41, 5.74) is 2.78. The van der Waals surface area contributed by atoms with Crippen LogP contribution in [0.4, 0.5) is 5.95 Å². The third-order valence-electron chi connectivity index (χ3n) is 3.63. The van der Waals surface area contributed by atoms with Crippen LogP contribution in [0.1, 0.15) is 16.8 Å². The summed E-state index contributed by atoms with van der Waals surface area (Å²) in [6.45, 7) is 0.735. The first-order valence-electron chi connectivity index (χ1n) is 8.14. The highest BCUT2D eigenvalue weighted by Crippen LogP contribution is 2.18. The average Bonchev–Trinajstić information content (AvgIpc) is 2.66. The Kier molecular flexibility index (Phi) is 6.56. The van der Waals surface area contributed by atoms with Crippen molar-refractivity contribution in [2.75, 3.05) is 17.6 Å². The van der Waals surface area contributed by atoms with E-state index in [9.17, 15) is 5.11 Å². The molecular weight excluding hydrogens is 366 g/mol. The Morgan fingerprint density at radius 2 is 2.04 bits per heavy atom. The van der Waals surface area contributed by atoms with Crippen molar-refractivity contribution in [2.24, 2.45) is 0 Å². The first-order valence-corrected chi connectivity index (χ1v) is 9.70. The quantitative estimate of drug-likeness (QED) is 0.404. The number of H-pyrrole nitrogens is 1. The van der Waals surface area contributed by atoms with E-state index >= 15 is 0 Å². The van der Waals surface area contributed by atoms with E-state index in [4.69, 9.17) is 12.2 Å². The lowest BCUT2D eigenvalue weighted by molar-refractivity contribution is 0.467. The molecule has 0 radical (unpaired) electrons. The molecule has 6 nitrogen and oxygen atoms in total. The molecule has 26 heavy (non-hydrogen) atoms. The van der Waals surface area contributed by atoms with Crippen molar-refractivity contribution in [3.8, 4) is 5.75 Å². The van der Waals surface area contributed by atoms with Crippen molar-refractivity contribution in [3.63, 3.8) is 0 Å². The minimum atomic E-state index is 0.239. The van der Waals surface area contributed by atoms with E-state index in [-0.39, 0.29) is 5.75 Å². The molecule has 0 bridgehead atoms. The molecule has 8 heteroatoms. The Labute approximate surface area is 161 Å². The van der Waals surface area contributed by atoms with Gasteiger partial charge in [-0.3, -0.25) is 9.97 Å². The predicted octanol–water partition coefficient (Wildman–Crippen LogP) is 3.57. The number of aromatic nitrogens is 4. The number of pyridine rings is 2. The van der Waals surface area contributed by atoms with Gasteiger partial charge in [-0.2, -0.15) is 11.8 Å². The Hall–Kier alpha value is -2.45. The zero-order valence-electron chi connectivity index (χ0n) is 14.1. The fraction of sp³-hybridized carbons (Fsp3) is 0.222. The fourth-order valence-electron chi connectivity index (χ4n) is 2.31. The second-order valence-electron chi connectivity index (χ2n) is 5.57. The van der Waals surface area contributed by atoms with Crippen LogP contribution in [-0.2, 0) is 12.2 Å². The van der Waals surface area contributed by atoms with Gasteiger partial charge in [0.15, 0.2) is 0 Å².